The van der Waals surface area contributed by atoms with Crippen LogP contribution in [0.2, 0.25) is 0 Å². The molecule has 0 radical (unpaired) electrons. The molecule has 114 valence electrons. The molecule has 0 aliphatic heterocycles. The van der Waals surface area contributed by atoms with Crippen molar-refractivity contribution in [2.75, 3.05) is 7.11 Å². The Morgan fingerprint density at radius 1 is 1.27 bits per heavy atom. The minimum atomic E-state index is -0.707. The van der Waals surface area contributed by atoms with Crippen LogP contribution in [0.25, 0.3) is 0 Å². The summed E-state index contributed by atoms with van der Waals surface area (Å²) in [5.41, 5.74) is 1.53. The molecule has 0 bridgehead atoms. The third kappa shape index (κ3) is 3.21. The van der Waals surface area contributed by atoms with Gasteiger partial charge in [0.15, 0.2) is 5.82 Å². The van der Waals surface area contributed by atoms with Crippen molar-refractivity contribution in [1.29, 1.82) is 0 Å². The van der Waals surface area contributed by atoms with Gasteiger partial charge in [-0.2, -0.15) is 10.1 Å². The van der Waals surface area contributed by atoms with Crippen molar-refractivity contribution >= 4 is 0 Å². The number of aliphatic hydroxyl groups is 1. The van der Waals surface area contributed by atoms with Gasteiger partial charge >= 0.3 is 0 Å². The maximum atomic E-state index is 10.3. The zero-order valence-corrected chi connectivity index (χ0v) is 12.1. The molecule has 1 unspecified atom stereocenters. The standard InChI is InChI=1S/C15H16N4O3/c1-21-10-13-17-14(22-18-13)9-19-8-12(7-16-19)15(20)11-5-3-2-4-6-11/h2-8,15,20H,9-10H2,1H3. The van der Waals surface area contributed by atoms with Gasteiger partial charge in [0.2, 0.25) is 5.89 Å². The summed E-state index contributed by atoms with van der Waals surface area (Å²) >= 11 is 0. The summed E-state index contributed by atoms with van der Waals surface area (Å²) in [7, 11) is 1.57. The molecule has 22 heavy (non-hydrogen) atoms. The molecular formula is C15H16N4O3. The molecular weight excluding hydrogens is 284 g/mol. The number of hydrogen-bond acceptors (Lipinski definition) is 6. The summed E-state index contributed by atoms with van der Waals surface area (Å²) in [5, 5.41) is 18.3. The van der Waals surface area contributed by atoms with E-state index in [-0.39, 0.29) is 0 Å². The quantitative estimate of drug-likeness (QED) is 0.743. The van der Waals surface area contributed by atoms with E-state index >= 15 is 0 Å². The lowest BCUT2D eigenvalue weighted by molar-refractivity contribution is 0.174. The lowest BCUT2D eigenvalue weighted by atomic mass is 10.1. The van der Waals surface area contributed by atoms with Crippen molar-refractivity contribution < 1.29 is 14.4 Å². The third-order valence-corrected chi connectivity index (χ3v) is 3.17. The molecule has 0 saturated heterocycles. The van der Waals surface area contributed by atoms with E-state index in [0.29, 0.717) is 30.4 Å². The third-order valence-electron chi connectivity index (χ3n) is 3.17. The first-order chi connectivity index (χ1) is 10.8. The van der Waals surface area contributed by atoms with Crippen molar-refractivity contribution in [3.8, 4) is 0 Å². The molecule has 0 amide bonds. The number of benzene rings is 1. The Kier molecular flexibility index (Phi) is 4.27. The van der Waals surface area contributed by atoms with Gasteiger partial charge in [0.25, 0.3) is 0 Å². The lowest BCUT2D eigenvalue weighted by Crippen LogP contribution is -2.01. The Hall–Kier alpha value is -2.51. The van der Waals surface area contributed by atoms with Crippen molar-refractivity contribution in [3.63, 3.8) is 0 Å². The van der Waals surface area contributed by atoms with Gasteiger partial charge in [-0.1, -0.05) is 35.5 Å². The fourth-order valence-electron chi connectivity index (χ4n) is 2.12. The minimum absolute atomic E-state index is 0.306. The molecule has 3 rings (SSSR count). The van der Waals surface area contributed by atoms with Gasteiger partial charge in [-0.3, -0.25) is 4.68 Å². The van der Waals surface area contributed by atoms with Crippen LogP contribution in [-0.4, -0.2) is 32.1 Å². The van der Waals surface area contributed by atoms with Gasteiger partial charge in [0, 0.05) is 18.9 Å². The van der Waals surface area contributed by atoms with Crippen LogP contribution in [0.3, 0.4) is 0 Å². The Balaban J connectivity index is 1.70. The number of nitrogens with zero attached hydrogens (tertiary/aromatic N) is 4. The van der Waals surface area contributed by atoms with E-state index in [1.54, 1.807) is 24.2 Å². The van der Waals surface area contributed by atoms with Crippen LogP contribution in [-0.2, 0) is 17.9 Å². The molecule has 7 nitrogen and oxygen atoms in total. The second kappa shape index (κ2) is 6.50. The van der Waals surface area contributed by atoms with Crippen LogP contribution in [0.15, 0.2) is 47.2 Å². The highest BCUT2D eigenvalue weighted by molar-refractivity contribution is 5.26. The normalized spacial score (nSPS) is 12.5. The van der Waals surface area contributed by atoms with Gasteiger partial charge in [-0.05, 0) is 5.56 Å². The van der Waals surface area contributed by atoms with Gasteiger partial charge in [0.05, 0.1) is 6.20 Å². The molecule has 1 aromatic carbocycles. The molecule has 7 heteroatoms. The number of aliphatic hydroxyl groups excluding tert-OH is 1. The van der Waals surface area contributed by atoms with Crippen molar-refractivity contribution in [2.24, 2.45) is 0 Å². The minimum Gasteiger partial charge on any atom is -0.384 e. The Bertz CT molecular complexity index is 723. The molecule has 2 aromatic heterocycles. The van der Waals surface area contributed by atoms with E-state index in [2.05, 4.69) is 15.2 Å². The van der Waals surface area contributed by atoms with Gasteiger partial charge in [0.1, 0.15) is 19.3 Å². The second-order valence-corrected chi connectivity index (χ2v) is 4.82. The zero-order chi connectivity index (χ0) is 15.4. The summed E-state index contributed by atoms with van der Waals surface area (Å²) in [5.74, 6) is 0.935. The maximum absolute atomic E-state index is 10.3. The molecule has 0 fully saturated rings. The van der Waals surface area contributed by atoms with Crippen molar-refractivity contribution in [2.45, 2.75) is 19.3 Å². The fourth-order valence-corrected chi connectivity index (χ4v) is 2.12. The highest BCUT2D eigenvalue weighted by Crippen LogP contribution is 2.21. The van der Waals surface area contributed by atoms with Gasteiger partial charge in [-0.15, -0.1) is 0 Å². The van der Waals surface area contributed by atoms with Crippen molar-refractivity contribution in [1.82, 2.24) is 19.9 Å². The largest absolute Gasteiger partial charge is 0.384 e. The van der Waals surface area contributed by atoms with E-state index in [0.717, 1.165) is 5.56 Å². The first-order valence-corrected chi connectivity index (χ1v) is 6.82. The summed E-state index contributed by atoms with van der Waals surface area (Å²) in [4.78, 5) is 4.18. The van der Waals surface area contributed by atoms with Crippen LogP contribution in [0.4, 0.5) is 0 Å². The highest BCUT2D eigenvalue weighted by atomic mass is 16.5. The second-order valence-electron chi connectivity index (χ2n) is 4.82. The number of hydrogen-bond donors (Lipinski definition) is 1. The first kappa shape index (κ1) is 14.4. The van der Waals surface area contributed by atoms with E-state index in [1.165, 1.54) is 0 Å². The monoisotopic (exact) mass is 300 g/mol. The Morgan fingerprint density at radius 2 is 2.09 bits per heavy atom. The smallest absolute Gasteiger partial charge is 0.248 e. The predicted octanol–water partition coefficient (Wildman–Crippen LogP) is 1.54. The van der Waals surface area contributed by atoms with Crippen LogP contribution in [0.1, 0.15) is 28.9 Å². The highest BCUT2D eigenvalue weighted by Gasteiger charge is 2.13. The molecule has 2 heterocycles. The van der Waals surface area contributed by atoms with Gasteiger partial charge in [-0.25, -0.2) is 0 Å². The maximum Gasteiger partial charge on any atom is 0.248 e. The fraction of sp³-hybridized carbons (Fsp3) is 0.267. The summed E-state index contributed by atoms with van der Waals surface area (Å²) in [6.07, 6.45) is 2.68. The molecule has 0 aliphatic carbocycles. The van der Waals surface area contributed by atoms with Crippen molar-refractivity contribution in [3.05, 3.63) is 65.6 Å². The van der Waals surface area contributed by atoms with E-state index in [4.69, 9.17) is 9.26 Å². The number of rotatable bonds is 6. The summed E-state index contributed by atoms with van der Waals surface area (Å²) < 4.78 is 11.7. The first-order valence-electron chi connectivity index (χ1n) is 6.82. The Labute approximate surface area is 127 Å². The van der Waals surface area contributed by atoms with E-state index < -0.39 is 6.10 Å². The Morgan fingerprint density at radius 3 is 2.86 bits per heavy atom. The topological polar surface area (TPSA) is 86.2 Å². The SMILES string of the molecule is COCc1noc(Cn2cc(C(O)c3ccccc3)cn2)n1. The average molecular weight is 300 g/mol. The summed E-state index contributed by atoms with van der Waals surface area (Å²) in [6, 6.07) is 9.43. The van der Waals surface area contributed by atoms with Crippen LogP contribution >= 0.6 is 0 Å². The summed E-state index contributed by atoms with van der Waals surface area (Å²) in [6.45, 7) is 0.652. The molecule has 0 saturated carbocycles. The molecule has 1 atom stereocenters. The molecule has 0 spiro atoms. The lowest BCUT2D eigenvalue weighted by Gasteiger charge is -2.07. The zero-order valence-electron chi connectivity index (χ0n) is 12.1. The molecule has 3 aromatic rings. The average Bonchev–Trinajstić information content (AvgIpc) is 3.18. The van der Waals surface area contributed by atoms with E-state index in [1.807, 2.05) is 30.3 Å². The predicted molar refractivity (Wildman–Crippen MR) is 76.8 cm³/mol. The number of methoxy groups -OCH3 is 1. The van der Waals surface area contributed by atoms with Crippen LogP contribution in [0.5, 0.6) is 0 Å². The molecule has 0 aliphatic rings. The molecule has 1 N–H and O–H groups in total. The van der Waals surface area contributed by atoms with E-state index in [9.17, 15) is 5.11 Å². The number of ether oxygens (including phenoxy) is 1. The van der Waals surface area contributed by atoms with Gasteiger partial charge < -0.3 is 14.4 Å². The van der Waals surface area contributed by atoms with Crippen LogP contribution < -0.4 is 0 Å². The van der Waals surface area contributed by atoms with Crippen LogP contribution in [0, 0.1) is 0 Å². The number of aromatic nitrogens is 4.